The average Bonchev–Trinajstić information content (AvgIpc) is 2.55. The van der Waals surface area contributed by atoms with Crippen LogP contribution >= 0.6 is 0 Å². The molecule has 0 heterocycles. The summed E-state index contributed by atoms with van der Waals surface area (Å²) in [5, 5.41) is 3.39. The molecule has 1 nitrogen and oxygen atoms in total. The van der Waals surface area contributed by atoms with Gasteiger partial charge in [-0.25, -0.2) is 0 Å². The summed E-state index contributed by atoms with van der Waals surface area (Å²) in [5.41, 5.74) is 7.42. The normalized spacial score (nSPS) is 10.4. The van der Waals surface area contributed by atoms with E-state index in [1.807, 2.05) is 7.05 Å². The van der Waals surface area contributed by atoms with E-state index >= 15 is 0 Å². The lowest BCUT2D eigenvalue weighted by Crippen LogP contribution is -1.97. The molecule has 0 saturated carbocycles. The lowest BCUT2D eigenvalue weighted by atomic mass is 9.94. The van der Waals surface area contributed by atoms with Gasteiger partial charge in [-0.2, -0.15) is 0 Å². The molecule has 1 N–H and O–H groups in total. The SMILES string of the molecule is CNc1c(-c2ccccc2)cc(C)cc1-c1ccccc1. The number of hydrogen-bond donors (Lipinski definition) is 1. The topological polar surface area (TPSA) is 12.0 Å². The Bertz CT molecular complexity index is 670. The second-order valence-corrected chi connectivity index (χ2v) is 5.22. The molecular weight excluding hydrogens is 254 g/mol. The fourth-order valence-corrected chi connectivity index (χ4v) is 2.75. The van der Waals surface area contributed by atoms with Crippen LogP contribution in [0.1, 0.15) is 5.56 Å². The number of aryl methyl sites for hydroxylation is 1. The zero-order valence-corrected chi connectivity index (χ0v) is 12.4. The van der Waals surface area contributed by atoms with Crippen molar-refractivity contribution in [1.82, 2.24) is 0 Å². The third-order valence-electron chi connectivity index (χ3n) is 3.70. The number of benzene rings is 3. The average molecular weight is 273 g/mol. The van der Waals surface area contributed by atoms with Crippen LogP contribution in [0.25, 0.3) is 22.3 Å². The van der Waals surface area contributed by atoms with E-state index in [2.05, 4.69) is 85.0 Å². The number of anilines is 1. The van der Waals surface area contributed by atoms with E-state index in [0.717, 1.165) is 0 Å². The monoisotopic (exact) mass is 273 g/mol. The van der Waals surface area contributed by atoms with Crippen molar-refractivity contribution in [2.45, 2.75) is 6.92 Å². The van der Waals surface area contributed by atoms with Crippen molar-refractivity contribution in [3.8, 4) is 22.3 Å². The Hall–Kier alpha value is -2.54. The molecule has 3 aromatic rings. The minimum Gasteiger partial charge on any atom is -0.387 e. The molecular formula is C20H19N. The maximum absolute atomic E-state index is 3.39. The van der Waals surface area contributed by atoms with Gasteiger partial charge in [-0.3, -0.25) is 0 Å². The van der Waals surface area contributed by atoms with E-state index < -0.39 is 0 Å². The highest BCUT2D eigenvalue weighted by atomic mass is 14.8. The molecule has 3 aromatic carbocycles. The highest BCUT2D eigenvalue weighted by molar-refractivity contribution is 5.91. The molecule has 0 aliphatic carbocycles. The summed E-state index contributed by atoms with van der Waals surface area (Å²) in [6.07, 6.45) is 0. The number of hydrogen-bond acceptors (Lipinski definition) is 1. The third kappa shape index (κ3) is 2.68. The van der Waals surface area contributed by atoms with Gasteiger partial charge < -0.3 is 5.32 Å². The number of rotatable bonds is 3. The first kappa shape index (κ1) is 13.4. The molecule has 0 amide bonds. The Kier molecular flexibility index (Phi) is 3.74. The van der Waals surface area contributed by atoms with Gasteiger partial charge in [0, 0.05) is 23.9 Å². The first-order chi connectivity index (χ1) is 10.3. The highest BCUT2D eigenvalue weighted by Gasteiger charge is 2.11. The van der Waals surface area contributed by atoms with Crippen LogP contribution in [-0.4, -0.2) is 7.05 Å². The first-order valence-corrected chi connectivity index (χ1v) is 7.23. The van der Waals surface area contributed by atoms with Gasteiger partial charge in [-0.15, -0.1) is 0 Å². The molecule has 21 heavy (non-hydrogen) atoms. The molecule has 0 atom stereocenters. The molecule has 0 aliphatic rings. The molecule has 0 aliphatic heterocycles. The van der Waals surface area contributed by atoms with Gasteiger partial charge in [-0.05, 0) is 35.7 Å². The van der Waals surface area contributed by atoms with Crippen LogP contribution < -0.4 is 5.32 Å². The summed E-state index contributed by atoms with van der Waals surface area (Å²) in [7, 11) is 1.99. The molecule has 104 valence electrons. The molecule has 0 radical (unpaired) electrons. The molecule has 0 fully saturated rings. The standard InChI is InChI=1S/C20H19N/c1-15-13-18(16-9-5-3-6-10-16)20(21-2)19(14-15)17-11-7-4-8-12-17/h3-14,21H,1-2H3. The Labute approximate surface area is 126 Å². The Morgan fingerprint density at radius 1 is 0.667 bits per heavy atom. The molecule has 0 spiro atoms. The summed E-state index contributed by atoms with van der Waals surface area (Å²) >= 11 is 0. The van der Waals surface area contributed by atoms with Gasteiger partial charge in [0.15, 0.2) is 0 Å². The molecule has 3 rings (SSSR count). The van der Waals surface area contributed by atoms with Crippen LogP contribution in [0, 0.1) is 6.92 Å². The summed E-state index contributed by atoms with van der Waals surface area (Å²) in [6, 6.07) is 25.6. The largest absolute Gasteiger partial charge is 0.387 e. The molecule has 1 heteroatoms. The van der Waals surface area contributed by atoms with Crippen molar-refractivity contribution in [3.05, 3.63) is 78.4 Å². The minimum absolute atomic E-state index is 1.18. The lowest BCUT2D eigenvalue weighted by molar-refractivity contribution is 1.42. The minimum atomic E-state index is 1.18. The maximum atomic E-state index is 3.39. The van der Waals surface area contributed by atoms with Crippen molar-refractivity contribution >= 4 is 5.69 Å². The fourth-order valence-electron chi connectivity index (χ4n) is 2.75. The maximum Gasteiger partial charge on any atom is 0.0497 e. The highest BCUT2D eigenvalue weighted by Crippen LogP contribution is 2.37. The van der Waals surface area contributed by atoms with Gasteiger partial charge in [0.1, 0.15) is 0 Å². The Morgan fingerprint density at radius 3 is 1.48 bits per heavy atom. The molecule has 0 unspecified atom stereocenters. The predicted molar refractivity (Wildman–Crippen MR) is 91.6 cm³/mol. The van der Waals surface area contributed by atoms with Gasteiger partial charge in [0.25, 0.3) is 0 Å². The van der Waals surface area contributed by atoms with Gasteiger partial charge in [-0.1, -0.05) is 60.7 Å². The van der Waals surface area contributed by atoms with E-state index in [1.165, 1.54) is 33.5 Å². The summed E-state index contributed by atoms with van der Waals surface area (Å²) in [4.78, 5) is 0. The van der Waals surface area contributed by atoms with Gasteiger partial charge in [0.2, 0.25) is 0 Å². The van der Waals surface area contributed by atoms with Crippen LogP contribution in [0.3, 0.4) is 0 Å². The second-order valence-electron chi connectivity index (χ2n) is 5.22. The number of nitrogens with one attached hydrogen (secondary N) is 1. The zero-order chi connectivity index (χ0) is 14.7. The molecule has 0 bridgehead atoms. The summed E-state index contributed by atoms with van der Waals surface area (Å²) in [6.45, 7) is 2.15. The summed E-state index contributed by atoms with van der Waals surface area (Å²) in [5.74, 6) is 0. The van der Waals surface area contributed by atoms with Crippen LogP contribution in [-0.2, 0) is 0 Å². The van der Waals surface area contributed by atoms with Crippen LogP contribution in [0.4, 0.5) is 5.69 Å². The van der Waals surface area contributed by atoms with E-state index in [4.69, 9.17) is 0 Å². The predicted octanol–water partition coefficient (Wildman–Crippen LogP) is 5.37. The van der Waals surface area contributed by atoms with Gasteiger partial charge in [0.05, 0.1) is 0 Å². The molecule has 0 aromatic heterocycles. The smallest absolute Gasteiger partial charge is 0.0497 e. The van der Waals surface area contributed by atoms with E-state index in [0.29, 0.717) is 0 Å². The quantitative estimate of drug-likeness (QED) is 0.676. The zero-order valence-electron chi connectivity index (χ0n) is 12.4. The summed E-state index contributed by atoms with van der Waals surface area (Å²) < 4.78 is 0. The van der Waals surface area contributed by atoms with Crippen LogP contribution in [0.5, 0.6) is 0 Å². The van der Waals surface area contributed by atoms with E-state index in [-0.39, 0.29) is 0 Å². The van der Waals surface area contributed by atoms with Crippen molar-refractivity contribution in [1.29, 1.82) is 0 Å². The Morgan fingerprint density at radius 2 is 1.10 bits per heavy atom. The second kappa shape index (κ2) is 5.84. The van der Waals surface area contributed by atoms with Crippen molar-refractivity contribution in [2.75, 3.05) is 12.4 Å². The molecule has 0 saturated heterocycles. The van der Waals surface area contributed by atoms with E-state index in [9.17, 15) is 0 Å². The van der Waals surface area contributed by atoms with Crippen molar-refractivity contribution in [2.24, 2.45) is 0 Å². The fraction of sp³-hybridized carbons (Fsp3) is 0.100. The van der Waals surface area contributed by atoms with Crippen LogP contribution in [0.15, 0.2) is 72.8 Å². The van der Waals surface area contributed by atoms with Crippen molar-refractivity contribution < 1.29 is 0 Å². The first-order valence-electron chi connectivity index (χ1n) is 7.23. The van der Waals surface area contributed by atoms with E-state index in [1.54, 1.807) is 0 Å². The Balaban J connectivity index is 2.25. The van der Waals surface area contributed by atoms with Crippen molar-refractivity contribution in [3.63, 3.8) is 0 Å². The van der Waals surface area contributed by atoms with Crippen LogP contribution in [0.2, 0.25) is 0 Å². The van der Waals surface area contributed by atoms with Gasteiger partial charge >= 0.3 is 0 Å². The third-order valence-corrected chi connectivity index (χ3v) is 3.70. The lowest BCUT2D eigenvalue weighted by Gasteiger charge is -2.16.